The predicted molar refractivity (Wildman–Crippen MR) is 92.7 cm³/mol. The van der Waals surface area contributed by atoms with Gasteiger partial charge in [-0.2, -0.15) is 12.6 Å². The van der Waals surface area contributed by atoms with Crippen molar-refractivity contribution in [2.75, 3.05) is 23.9 Å². The monoisotopic (exact) mass is 321 g/mol. The molecule has 1 aromatic carbocycles. The first-order chi connectivity index (χ1) is 10.6. The lowest BCUT2D eigenvalue weighted by Gasteiger charge is -2.21. The Kier molecular flexibility index (Phi) is 5.60. The minimum absolute atomic E-state index is 0.0214. The van der Waals surface area contributed by atoms with Crippen molar-refractivity contribution < 1.29 is 5.11 Å². The molecule has 0 saturated carbocycles. The fraction of sp³-hybridized carbons (Fsp3) is 0.438. The third kappa shape index (κ3) is 3.32. The molecule has 0 aliphatic rings. The van der Waals surface area contributed by atoms with Gasteiger partial charge in [-0.1, -0.05) is 30.3 Å². The summed E-state index contributed by atoms with van der Waals surface area (Å²) in [6.45, 7) is 5.35. The van der Waals surface area contributed by atoms with Crippen LogP contribution < -0.4 is 10.7 Å². The molecule has 5 nitrogen and oxygen atoms in total. The number of imidazole rings is 1. The molecule has 1 heterocycles. The van der Waals surface area contributed by atoms with Gasteiger partial charge in [-0.05, 0) is 25.8 Å². The number of thiol groups is 1. The molecule has 0 saturated heterocycles. The quantitative estimate of drug-likeness (QED) is 0.768. The van der Waals surface area contributed by atoms with Gasteiger partial charge in [-0.25, -0.2) is 9.47 Å². The summed E-state index contributed by atoms with van der Waals surface area (Å²) in [4.78, 5) is 12.6. The Balaban J connectivity index is 2.35. The molecule has 1 unspecified atom stereocenters. The van der Waals surface area contributed by atoms with Gasteiger partial charge in [0.1, 0.15) is 0 Å². The molecule has 0 amide bonds. The van der Waals surface area contributed by atoms with E-state index in [4.69, 9.17) is 0 Å². The highest BCUT2D eigenvalue weighted by atomic mass is 32.1. The summed E-state index contributed by atoms with van der Waals surface area (Å²) in [5, 5.41) is 12.1. The summed E-state index contributed by atoms with van der Waals surface area (Å²) < 4.78 is 2.91. The number of benzene rings is 1. The van der Waals surface area contributed by atoms with Gasteiger partial charge in [0.15, 0.2) is 0 Å². The second-order valence-electron chi connectivity index (χ2n) is 5.15. The van der Waals surface area contributed by atoms with E-state index in [0.29, 0.717) is 25.3 Å². The average molecular weight is 321 g/mol. The molecule has 120 valence electrons. The van der Waals surface area contributed by atoms with Crippen molar-refractivity contribution in [3.63, 3.8) is 0 Å². The lowest BCUT2D eigenvalue weighted by atomic mass is 10.1. The fourth-order valence-electron chi connectivity index (χ4n) is 2.63. The SMILES string of the molecule is CCN(CC)n1cc(O)n(C(CS)Cc2ccccc2)c1=O. The van der Waals surface area contributed by atoms with Crippen LogP contribution in [0.15, 0.2) is 41.3 Å². The Morgan fingerprint density at radius 3 is 2.41 bits per heavy atom. The van der Waals surface area contributed by atoms with Crippen molar-refractivity contribution in [2.24, 2.45) is 0 Å². The van der Waals surface area contributed by atoms with Crippen molar-refractivity contribution in [1.29, 1.82) is 0 Å². The standard InChI is InChI=1S/C16H23N3O2S/c1-3-17(4-2)18-11-15(20)19(16(18)21)14(12-22)10-13-8-6-5-7-9-13/h5-9,11,14,20,22H,3-4,10,12H2,1-2H3. The summed E-state index contributed by atoms with van der Waals surface area (Å²) >= 11 is 4.36. The zero-order chi connectivity index (χ0) is 16.1. The zero-order valence-corrected chi connectivity index (χ0v) is 13.9. The minimum Gasteiger partial charge on any atom is -0.493 e. The van der Waals surface area contributed by atoms with Gasteiger partial charge >= 0.3 is 5.69 Å². The van der Waals surface area contributed by atoms with Gasteiger partial charge in [-0.15, -0.1) is 0 Å². The van der Waals surface area contributed by atoms with Crippen LogP contribution in [0.2, 0.25) is 0 Å². The van der Waals surface area contributed by atoms with Crippen molar-refractivity contribution in [2.45, 2.75) is 26.3 Å². The first kappa shape index (κ1) is 16.5. The van der Waals surface area contributed by atoms with E-state index in [-0.39, 0.29) is 17.6 Å². The molecule has 0 radical (unpaired) electrons. The summed E-state index contributed by atoms with van der Waals surface area (Å²) in [5.41, 5.74) is 0.889. The summed E-state index contributed by atoms with van der Waals surface area (Å²) in [6.07, 6.45) is 2.14. The third-order valence-electron chi connectivity index (χ3n) is 3.81. The largest absolute Gasteiger partial charge is 0.493 e. The Hall–Kier alpha value is -1.82. The third-order valence-corrected chi connectivity index (χ3v) is 4.23. The molecule has 2 aromatic rings. The number of hydrogen-bond donors (Lipinski definition) is 2. The molecular formula is C16H23N3O2S. The van der Waals surface area contributed by atoms with Crippen molar-refractivity contribution in [1.82, 2.24) is 9.24 Å². The first-order valence-corrected chi connectivity index (χ1v) is 8.18. The van der Waals surface area contributed by atoms with Gasteiger partial charge < -0.3 is 10.1 Å². The van der Waals surface area contributed by atoms with E-state index in [9.17, 15) is 9.90 Å². The molecular weight excluding hydrogens is 298 g/mol. The molecule has 0 fully saturated rings. The van der Waals surface area contributed by atoms with Gasteiger partial charge in [0, 0.05) is 18.8 Å². The molecule has 22 heavy (non-hydrogen) atoms. The summed E-state index contributed by atoms with van der Waals surface area (Å²) in [6, 6.07) is 9.73. The highest BCUT2D eigenvalue weighted by Gasteiger charge is 2.20. The van der Waals surface area contributed by atoms with Crippen LogP contribution >= 0.6 is 12.6 Å². The number of nitrogens with zero attached hydrogens (tertiary/aromatic N) is 3. The van der Waals surface area contributed by atoms with E-state index in [1.54, 1.807) is 0 Å². The van der Waals surface area contributed by atoms with Gasteiger partial charge in [0.2, 0.25) is 5.88 Å². The first-order valence-electron chi connectivity index (χ1n) is 7.55. The van der Waals surface area contributed by atoms with Crippen LogP contribution in [0.3, 0.4) is 0 Å². The molecule has 6 heteroatoms. The van der Waals surface area contributed by atoms with E-state index < -0.39 is 0 Å². The van der Waals surface area contributed by atoms with E-state index in [1.807, 2.05) is 49.2 Å². The average Bonchev–Trinajstić information content (AvgIpc) is 2.82. The van der Waals surface area contributed by atoms with Crippen molar-refractivity contribution in [3.05, 3.63) is 52.6 Å². The van der Waals surface area contributed by atoms with Crippen LogP contribution in [0.5, 0.6) is 5.88 Å². The molecule has 1 aromatic heterocycles. The molecule has 0 aliphatic heterocycles. The van der Waals surface area contributed by atoms with E-state index in [0.717, 1.165) is 5.56 Å². The van der Waals surface area contributed by atoms with Gasteiger partial charge in [0.25, 0.3) is 0 Å². The lowest BCUT2D eigenvalue weighted by Crippen LogP contribution is -2.42. The van der Waals surface area contributed by atoms with E-state index >= 15 is 0 Å². The van der Waals surface area contributed by atoms with Gasteiger partial charge in [-0.3, -0.25) is 4.57 Å². The smallest absolute Gasteiger partial charge is 0.350 e. The molecule has 0 bridgehead atoms. The Morgan fingerprint density at radius 2 is 1.86 bits per heavy atom. The number of aromatic hydroxyl groups is 1. The fourth-order valence-corrected chi connectivity index (χ4v) is 2.93. The molecule has 0 spiro atoms. The summed E-state index contributed by atoms with van der Waals surface area (Å²) in [7, 11) is 0. The van der Waals surface area contributed by atoms with E-state index in [1.165, 1.54) is 15.4 Å². The maximum absolute atomic E-state index is 12.6. The second-order valence-corrected chi connectivity index (χ2v) is 5.51. The molecule has 1 atom stereocenters. The normalized spacial score (nSPS) is 12.3. The Labute approximate surface area is 136 Å². The van der Waals surface area contributed by atoms with Crippen LogP contribution in [0.4, 0.5) is 0 Å². The van der Waals surface area contributed by atoms with Crippen LogP contribution in [0.1, 0.15) is 25.5 Å². The number of hydrogen-bond acceptors (Lipinski definition) is 4. The van der Waals surface area contributed by atoms with Crippen molar-refractivity contribution >= 4 is 12.6 Å². The topological polar surface area (TPSA) is 50.4 Å². The maximum Gasteiger partial charge on any atom is 0.350 e. The Morgan fingerprint density at radius 1 is 1.23 bits per heavy atom. The van der Waals surface area contributed by atoms with Crippen molar-refractivity contribution in [3.8, 4) is 5.88 Å². The maximum atomic E-state index is 12.6. The van der Waals surface area contributed by atoms with Crippen LogP contribution in [0, 0.1) is 0 Å². The zero-order valence-electron chi connectivity index (χ0n) is 13.0. The van der Waals surface area contributed by atoms with Crippen LogP contribution in [-0.2, 0) is 6.42 Å². The second kappa shape index (κ2) is 7.45. The van der Waals surface area contributed by atoms with Crippen LogP contribution in [0.25, 0.3) is 0 Å². The Bertz CT molecular complexity index is 647. The highest BCUT2D eigenvalue weighted by Crippen LogP contribution is 2.20. The minimum atomic E-state index is -0.226. The lowest BCUT2D eigenvalue weighted by molar-refractivity contribution is 0.386. The summed E-state index contributed by atoms with van der Waals surface area (Å²) in [5.74, 6) is 0.455. The predicted octanol–water partition coefficient (Wildman–Crippen LogP) is 2.05. The van der Waals surface area contributed by atoms with Crippen LogP contribution in [-0.4, -0.2) is 33.2 Å². The number of rotatable bonds is 7. The molecule has 2 rings (SSSR count). The van der Waals surface area contributed by atoms with E-state index in [2.05, 4.69) is 12.6 Å². The molecule has 1 N–H and O–H groups in total. The number of aromatic nitrogens is 2. The van der Waals surface area contributed by atoms with Gasteiger partial charge in [0.05, 0.1) is 12.2 Å². The molecule has 0 aliphatic carbocycles. The highest BCUT2D eigenvalue weighted by molar-refractivity contribution is 7.80.